The van der Waals surface area contributed by atoms with Gasteiger partial charge in [0.25, 0.3) is 0 Å². The normalized spacial score (nSPS) is 17.6. The lowest BCUT2D eigenvalue weighted by atomic mass is 9.68. The third-order valence-electron chi connectivity index (χ3n) is 5.53. The summed E-state index contributed by atoms with van der Waals surface area (Å²) in [5.74, 6) is -0.391. The first kappa shape index (κ1) is 19.0. The number of hydrogen-bond donors (Lipinski definition) is 1. The Hall–Kier alpha value is -3.34. The molecule has 5 heteroatoms. The number of nitrogens with one attached hydrogen (secondary N) is 1. The maximum absolute atomic E-state index is 12.2. The van der Waals surface area contributed by atoms with Crippen molar-refractivity contribution in [2.75, 3.05) is 25.6 Å². The molecule has 148 valence electrons. The fourth-order valence-corrected chi connectivity index (χ4v) is 3.98. The summed E-state index contributed by atoms with van der Waals surface area (Å²) in [4.78, 5) is 14.3. The minimum Gasteiger partial charge on any atom is -0.461 e. The summed E-state index contributed by atoms with van der Waals surface area (Å²) in [6.45, 7) is 2.13. The number of ether oxygens (including phenoxy) is 1. The van der Waals surface area contributed by atoms with Crippen LogP contribution >= 0.6 is 0 Å². The highest BCUT2D eigenvalue weighted by molar-refractivity contribution is 5.92. The Morgan fingerprint density at radius 1 is 1.10 bits per heavy atom. The fraction of sp³-hybridized carbons (Fsp3) is 0.250. The molecule has 1 aliphatic carbocycles. The topological polar surface area (TPSA) is 58.2 Å². The Bertz CT molecular complexity index is 1040. The molecule has 2 aromatic carbocycles. The molecular weight excluding hydrogens is 362 g/mol. The zero-order valence-electron chi connectivity index (χ0n) is 17.0. The average Bonchev–Trinajstić information content (AvgIpc) is 3.17. The molecule has 0 spiro atoms. The smallest absolute Gasteiger partial charge is 0.359 e. The number of aromatic nitrogens is 2. The van der Waals surface area contributed by atoms with E-state index >= 15 is 0 Å². The van der Waals surface area contributed by atoms with Crippen molar-refractivity contribution in [1.29, 1.82) is 0 Å². The lowest BCUT2D eigenvalue weighted by Gasteiger charge is -2.34. The molecule has 0 saturated carbocycles. The van der Waals surface area contributed by atoms with E-state index < -0.39 is 5.97 Å². The maximum atomic E-state index is 12.2. The van der Waals surface area contributed by atoms with Gasteiger partial charge in [0.05, 0.1) is 6.61 Å². The summed E-state index contributed by atoms with van der Waals surface area (Å²) >= 11 is 0. The highest BCUT2D eigenvalue weighted by Gasteiger charge is 2.37. The number of hydrogen-bond acceptors (Lipinski definition) is 4. The second-order valence-electron chi connectivity index (χ2n) is 7.47. The van der Waals surface area contributed by atoms with Crippen LogP contribution < -0.4 is 4.90 Å². The first-order valence-corrected chi connectivity index (χ1v) is 9.82. The number of anilines is 1. The Balaban J connectivity index is 1.81. The summed E-state index contributed by atoms with van der Waals surface area (Å²) in [6.07, 6.45) is 4.88. The van der Waals surface area contributed by atoms with Crippen LogP contribution in [-0.2, 0) is 16.6 Å². The van der Waals surface area contributed by atoms with Crippen LogP contribution in [0.15, 0.2) is 60.7 Å². The molecule has 4 rings (SSSR count). The van der Waals surface area contributed by atoms with E-state index in [1.165, 1.54) is 11.1 Å². The van der Waals surface area contributed by atoms with Crippen LogP contribution in [0.3, 0.4) is 0 Å². The molecular formula is C24H25N3O2. The van der Waals surface area contributed by atoms with Gasteiger partial charge in [0.1, 0.15) is 0 Å². The third-order valence-corrected chi connectivity index (χ3v) is 5.53. The maximum Gasteiger partial charge on any atom is 0.359 e. The quantitative estimate of drug-likeness (QED) is 0.667. The molecule has 5 nitrogen and oxygen atoms in total. The number of benzene rings is 2. The van der Waals surface area contributed by atoms with Gasteiger partial charge in [0, 0.05) is 42.9 Å². The lowest BCUT2D eigenvalue weighted by Crippen LogP contribution is -2.30. The van der Waals surface area contributed by atoms with Crippen LogP contribution in [-0.4, -0.2) is 36.9 Å². The van der Waals surface area contributed by atoms with Crippen molar-refractivity contribution >= 4 is 17.7 Å². The van der Waals surface area contributed by atoms with Crippen LogP contribution in [0.25, 0.3) is 6.08 Å². The van der Waals surface area contributed by atoms with Gasteiger partial charge in [-0.25, -0.2) is 4.79 Å². The predicted octanol–water partition coefficient (Wildman–Crippen LogP) is 4.21. The molecule has 1 atom stereocenters. The van der Waals surface area contributed by atoms with Gasteiger partial charge in [-0.1, -0.05) is 54.6 Å². The second kappa shape index (κ2) is 7.59. The molecule has 1 aliphatic rings. The van der Waals surface area contributed by atoms with Crippen molar-refractivity contribution in [3.8, 4) is 0 Å². The van der Waals surface area contributed by atoms with Crippen LogP contribution in [0, 0.1) is 0 Å². The summed E-state index contributed by atoms with van der Waals surface area (Å²) < 4.78 is 5.15. The number of carbonyl (C=O) groups excluding carboxylic acids is 1. The zero-order chi connectivity index (χ0) is 20.4. The molecule has 29 heavy (non-hydrogen) atoms. The Morgan fingerprint density at radius 2 is 1.79 bits per heavy atom. The number of allylic oxidation sites excluding steroid dienone is 1. The highest BCUT2D eigenvalue weighted by Crippen LogP contribution is 2.42. The van der Waals surface area contributed by atoms with Gasteiger partial charge in [0.2, 0.25) is 0 Å². The summed E-state index contributed by atoms with van der Waals surface area (Å²) in [7, 11) is 4.08. The van der Waals surface area contributed by atoms with E-state index in [-0.39, 0.29) is 5.41 Å². The van der Waals surface area contributed by atoms with E-state index in [4.69, 9.17) is 4.74 Å². The molecule has 0 fully saturated rings. The van der Waals surface area contributed by atoms with Crippen molar-refractivity contribution < 1.29 is 9.53 Å². The molecule has 0 radical (unpaired) electrons. The number of carbonyl (C=O) groups is 1. The van der Waals surface area contributed by atoms with Crippen molar-refractivity contribution in [3.63, 3.8) is 0 Å². The Kier molecular flexibility index (Phi) is 4.97. The van der Waals surface area contributed by atoms with Crippen LogP contribution in [0.5, 0.6) is 0 Å². The molecule has 1 N–H and O–H groups in total. The molecule has 1 unspecified atom stereocenters. The Labute approximate surface area is 171 Å². The zero-order valence-corrected chi connectivity index (χ0v) is 17.0. The van der Waals surface area contributed by atoms with Crippen LogP contribution in [0.1, 0.15) is 39.8 Å². The summed E-state index contributed by atoms with van der Waals surface area (Å²) in [6, 6.07) is 19.1. The van der Waals surface area contributed by atoms with E-state index in [1.54, 1.807) is 6.92 Å². The highest BCUT2D eigenvalue weighted by atomic mass is 16.5. The van der Waals surface area contributed by atoms with E-state index in [0.29, 0.717) is 18.7 Å². The van der Waals surface area contributed by atoms with Gasteiger partial charge in [-0.15, -0.1) is 0 Å². The average molecular weight is 387 g/mol. The van der Waals surface area contributed by atoms with Gasteiger partial charge < -0.3 is 9.64 Å². The molecule has 1 aromatic heterocycles. The van der Waals surface area contributed by atoms with Crippen molar-refractivity contribution in [1.82, 2.24) is 10.2 Å². The monoisotopic (exact) mass is 387 g/mol. The van der Waals surface area contributed by atoms with Crippen LogP contribution in [0.4, 0.5) is 5.69 Å². The number of rotatable bonds is 5. The van der Waals surface area contributed by atoms with E-state index in [9.17, 15) is 4.79 Å². The predicted molar refractivity (Wildman–Crippen MR) is 115 cm³/mol. The third kappa shape index (κ3) is 3.33. The molecule has 0 aliphatic heterocycles. The summed E-state index contributed by atoms with van der Waals surface area (Å²) in [5.41, 5.74) is 5.33. The second-order valence-corrected chi connectivity index (χ2v) is 7.47. The number of aromatic amines is 1. The minimum atomic E-state index is -0.391. The van der Waals surface area contributed by atoms with Crippen molar-refractivity contribution in [3.05, 3.63) is 88.8 Å². The number of fused-ring (bicyclic) bond motifs is 1. The Morgan fingerprint density at radius 3 is 2.45 bits per heavy atom. The van der Waals surface area contributed by atoms with Gasteiger partial charge in [-0.05, 0) is 30.2 Å². The summed E-state index contributed by atoms with van der Waals surface area (Å²) in [5, 5.41) is 7.33. The largest absolute Gasteiger partial charge is 0.461 e. The van der Waals surface area contributed by atoms with Gasteiger partial charge in [0.15, 0.2) is 5.69 Å². The fourth-order valence-electron chi connectivity index (χ4n) is 3.98. The molecule has 0 amide bonds. The molecule has 3 aromatic rings. The molecule has 0 saturated heterocycles. The minimum absolute atomic E-state index is 0.330. The van der Waals surface area contributed by atoms with E-state index in [2.05, 4.69) is 69.7 Å². The van der Waals surface area contributed by atoms with E-state index in [0.717, 1.165) is 16.9 Å². The molecule has 1 heterocycles. The first-order chi connectivity index (χ1) is 14.0. The molecule has 0 bridgehead atoms. The van der Waals surface area contributed by atoms with Crippen LogP contribution in [0.2, 0.25) is 0 Å². The van der Waals surface area contributed by atoms with Crippen molar-refractivity contribution in [2.45, 2.75) is 18.8 Å². The number of nitrogens with zero attached hydrogens (tertiary/aromatic N) is 2. The first-order valence-electron chi connectivity index (χ1n) is 9.82. The van der Waals surface area contributed by atoms with E-state index in [1.807, 2.05) is 26.2 Å². The van der Waals surface area contributed by atoms with Gasteiger partial charge >= 0.3 is 5.97 Å². The number of H-pyrrole nitrogens is 1. The van der Waals surface area contributed by atoms with Crippen molar-refractivity contribution in [2.24, 2.45) is 0 Å². The lowest BCUT2D eigenvalue weighted by molar-refractivity contribution is 0.0519. The van der Waals surface area contributed by atoms with Gasteiger partial charge in [-0.2, -0.15) is 5.10 Å². The SMILES string of the molecule is CCOC(=O)c1n[nH]c2c1C=CC(c1ccccc1)(c1ccc(N(C)C)cc1)C2. The standard InChI is InChI=1S/C24H25N3O2/c1-4-29-23(28)22-20-14-15-24(16-21(20)25-26-22,17-8-6-5-7-9-17)18-10-12-19(13-11-18)27(2)3/h5-15H,4,16H2,1-3H3,(H,25,26). The van der Waals surface area contributed by atoms with Gasteiger partial charge in [-0.3, -0.25) is 5.10 Å². The number of esters is 1.